The Labute approximate surface area is 197 Å². The number of aryl methyl sites for hydroxylation is 1. The molecule has 0 saturated heterocycles. The Morgan fingerprint density at radius 2 is 1.47 bits per heavy atom. The number of carbonyl (C=O) groups excluding carboxylic acids is 2. The van der Waals surface area contributed by atoms with Crippen molar-refractivity contribution in [2.75, 3.05) is 6.54 Å². The van der Waals surface area contributed by atoms with Crippen LogP contribution in [-0.2, 0) is 16.0 Å². The van der Waals surface area contributed by atoms with Gasteiger partial charge in [-0.3, -0.25) is 4.79 Å². The van der Waals surface area contributed by atoms with Crippen LogP contribution in [0.25, 0.3) is 22.9 Å². The van der Waals surface area contributed by atoms with E-state index in [0.29, 0.717) is 35.9 Å². The summed E-state index contributed by atoms with van der Waals surface area (Å²) >= 11 is 0. The molecule has 0 saturated carbocycles. The van der Waals surface area contributed by atoms with Gasteiger partial charge in [0.15, 0.2) is 6.10 Å². The summed E-state index contributed by atoms with van der Waals surface area (Å²) in [6.07, 6.45) is -0.202. The summed E-state index contributed by atoms with van der Waals surface area (Å²) in [5.74, 6) is -0.147. The van der Waals surface area contributed by atoms with E-state index in [2.05, 4.69) is 15.5 Å². The topological polar surface area (TPSA) is 94.3 Å². The minimum atomic E-state index is -0.907. The Morgan fingerprint density at radius 3 is 2.09 bits per heavy atom. The molecule has 0 bridgehead atoms. The quantitative estimate of drug-likeness (QED) is 0.390. The summed E-state index contributed by atoms with van der Waals surface area (Å²) in [6, 6.07) is 24.3. The Morgan fingerprint density at radius 1 is 0.882 bits per heavy atom. The van der Waals surface area contributed by atoms with E-state index in [-0.39, 0.29) is 5.91 Å². The zero-order chi connectivity index (χ0) is 23.9. The van der Waals surface area contributed by atoms with Gasteiger partial charge in [0.25, 0.3) is 5.91 Å². The highest BCUT2D eigenvalue weighted by Crippen LogP contribution is 2.24. The second-order valence-electron chi connectivity index (χ2n) is 7.93. The lowest BCUT2D eigenvalue weighted by Crippen LogP contribution is -2.36. The molecule has 0 spiro atoms. The molecule has 0 radical (unpaired) electrons. The molecule has 0 aliphatic heterocycles. The number of aromatic nitrogens is 2. The first-order valence-corrected chi connectivity index (χ1v) is 11.0. The highest BCUT2D eigenvalue weighted by atomic mass is 16.5. The van der Waals surface area contributed by atoms with E-state index in [0.717, 1.165) is 16.7 Å². The predicted octanol–water partition coefficient (Wildman–Crippen LogP) is 4.62. The second-order valence-corrected chi connectivity index (χ2v) is 7.93. The molecule has 1 amide bonds. The summed E-state index contributed by atoms with van der Waals surface area (Å²) in [5, 5.41) is 11.0. The van der Waals surface area contributed by atoms with Gasteiger partial charge in [0.1, 0.15) is 0 Å². The summed E-state index contributed by atoms with van der Waals surface area (Å²) in [6.45, 7) is 4.03. The first kappa shape index (κ1) is 22.9. The summed E-state index contributed by atoms with van der Waals surface area (Å²) in [4.78, 5) is 24.7. The standard InChI is InChI=1S/C27H25N3O4/c1-18-8-10-21(11-9-18)25-29-30-26(34-25)22-12-14-23(15-13-22)27(32)33-19(2)24(31)28-17-16-20-6-4-3-5-7-20/h3-15,19H,16-17H2,1-2H3,(H,28,31). The monoisotopic (exact) mass is 455 g/mol. The molecule has 34 heavy (non-hydrogen) atoms. The Kier molecular flexibility index (Phi) is 7.13. The Hall–Kier alpha value is -4.26. The van der Waals surface area contributed by atoms with Crippen LogP contribution in [0.5, 0.6) is 0 Å². The van der Waals surface area contributed by atoms with Crippen molar-refractivity contribution >= 4 is 11.9 Å². The number of nitrogens with zero attached hydrogens (tertiary/aromatic N) is 2. The molecule has 0 fully saturated rings. The first-order chi connectivity index (χ1) is 16.5. The third-order valence-corrected chi connectivity index (χ3v) is 5.30. The smallest absolute Gasteiger partial charge is 0.338 e. The van der Waals surface area contributed by atoms with Gasteiger partial charge in [-0.05, 0) is 62.2 Å². The fourth-order valence-corrected chi connectivity index (χ4v) is 3.30. The van der Waals surface area contributed by atoms with Crippen LogP contribution in [0.1, 0.15) is 28.4 Å². The molecule has 7 heteroatoms. The Bertz CT molecular complexity index is 1250. The summed E-state index contributed by atoms with van der Waals surface area (Å²) in [7, 11) is 0. The van der Waals surface area contributed by atoms with Crippen molar-refractivity contribution < 1.29 is 18.7 Å². The third-order valence-electron chi connectivity index (χ3n) is 5.30. The number of carbonyl (C=O) groups is 2. The Balaban J connectivity index is 1.31. The number of hydrogen-bond donors (Lipinski definition) is 1. The molecule has 1 aromatic heterocycles. The van der Waals surface area contributed by atoms with Gasteiger partial charge in [0.2, 0.25) is 11.8 Å². The molecule has 0 aliphatic carbocycles. The molecule has 1 N–H and O–H groups in total. The molecule has 1 atom stereocenters. The zero-order valence-electron chi connectivity index (χ0n) is 19.0. The van der Waals surface area contributed by atoms with Crippen molar-refractivity contribution in [1.82, 2.24) is 15.5 Å². The van der Waals surface area contributed by atoms with Gasteiger partial charge in [0, 0.05) is 17.7 Å². The molecule has 4 rings (SSSR count). The van der Waals surface area contributed by atoms with Crippen LogP contribution in [0.4, 0.5) is 0 Å². The number of esters is 1. The van der Waals surface area contributed by atoms with Crippen LogP contribution >= 0.6 is 0 Å². The molecule has 172 valence electrons. The molecule has 1 heterocycles. The van der Waals surface area contributed by atoms with Crippen molar-refractivity contribution in [3.8, 4) is 22.9 Å². The second kappa shape index (κ2) is 10.6. The van der Waals surface area contributed by atoms with Gasteiger partial charge in [-0.1, -0.05) is 48.0 Å². The maximum absolute atomic E-state index is 12.5. The molecule has 0 aliphatic rings. The lowest BCUT2D eigenvalue weighted by atomic mass is 10.1. The van der Waals surface area contributed by atoms with E-state index in [1.807, 2.05) is 61.5 Å². The zero-order valence-corrected chi connectivity index (χ0v) is 19.0. The number of nitrogens with one attached hydrogen (secondary N) is 1. The van der Waals surface area contributed by atoms with E-state index >= 15 is 0 Å². The van der Waals surface area contributed by atoms with E-state index in [1.54, 1.807) is 31.2 Å². The predicted molar refractivity (Wildman–Crippen MR) is 128 cm³/mol. The fraction of sp³-hybridized carbons (Fsp3) is 0.185. The summed E-state index contributed by atoms with van der Waals surface area (Å²) in [5.41, 5.74) is 4.10. The van der Waals surface area contributed by atoms with Crippen molar-refractivity contribution in [2.45, 2.75) is 26.4 Å². The van der Waals surface area contributed by atoms with Crippen molar-refractivity contribution in [3.63, 3.8) is 0 Å². The fourth-order valence-electron chi connectivity index (χ4n) is 3.30. The lowest BCUT2D eigenvalue weighted by molar-refractivity contribution is -0.129. The van der Waals surface area contributed by atoms with E-state index < -0.39 is 12.1 Å². The number of amides is 1. The van der Waals surface area contributed by atoms with Crippen LogP contribution in [0.3, 0.4) is 0 Å². The van der Waals surface area contributed by atoms with Crippen LogP contribution < -0.4 is 5.32 Å². The maximum Gasteiger partial charge on any atom is 0.338 e. The van der Waals surface area contributed by atoms with Gasteiger partial charge in [-0.15, -0.1) is 10.2 Å². The van der Waals surface area contributed by atoms with Crippen molar-refractivity contribution in [3.05, 3.63) is 95.6 Å². The molecule has 7 nitrogen and oxygen atoms in total. The van der Waals surface area contributed by atoms with Crippen LogP contribution in [-0.4, -0.2) is 34.7 Å². The SMILES string of the molecule is Cc1ccc(-c2nnc(-c3ccc(C(=O)OC(C)C(=O)NCCc4ccccc4)cc3)o2)cc1. The maximum atomic E-state index is 12.5. The third kappa shape index (κ3) is 5.75. The average molecular weight is 456 g/mol. The number of ether oxygens (including phenoxy) is 1. The minimum absolute atomic E-state index is 0.325. The number of hydrogen-bond acceptors (Lipinski definition) is 6. The van der Waals surface area contributed by atoms with Gasteiger partial charge < -0.3 is 14.5 Å². The number of benzene rings is 3. The van der Waals surface area contributed by atoms with Crippen molar-refractivity contribution in [2.24, 2.45) is 0 Å². The van der Waals surface area contributed by atoms with Gasteiger partial charge in [-0.25, -0.2) is 4.79 Å². The molecular formula is C27H25N3O4. The average Bonchev–Trinajstić information content (AvgIpc) is 3.35. The molecule has 4 aromatic rings. The van der Waals surface area contributed by atoms with Crippen LogP contribution in [0.2, 0.25) is 0 Å². The van der Waals surface area contributed by atoms with Crippen molar-refractivity contribution in [1.29, 1.82) is 0 Å². The lowest BCUT2D eigenvalue weighted by Gasteiger charge is -2.13. The van der Waals surface area contributed by atoms with E-state index in [4.69, 9.17) is 9.15 Å². The first-order valence-electron chi connectivity index (χ1n) is 11.0. The molecular weight excluding hydrogens is 430 g/mol. The van der Waals surface area contributed by atoms with E-state index in [9.17, 15) is 9.59 Å². The van der Waals surface area contributed by atoms with Crippen LogP contribution in [0, 0.1) is 6.92 Å². The van der Waals surface area contributed by atoms with E-state index in [1.165, 1.54) is 0 Å². The normalized spacial score (nSPS) is 11.6. The minimum Gasteiger partial charge on any atom is -0.449 e. The number of rotatable bonds is 8. The summed E-state index contributed by atoms with van der Waals surface area (Å²) < 4.78 is 11.1. The van der Waals surface area contributed by atoms with Gasteiger partial charge in [0.05, 0.1) is 5.56 Å². The van der Waals surface area contributed by atoms with Gasteiger partial charge >= 0.3 is 5.97 Å². The molecule has 3 aromatic carbocycles. The van der Waals surface area contributed by atoms with Crippen LogP contribution in [0.15, 0.2) is 83.3 Å². The molecule has 1 unspecified atom stereocenters. The highest BCUT2D eigenvalue weighted by molar-refractivity contribution is 5.92. The van der Waals surface area contributed by atoms with Gasteiger partial charge in [-0.2, -0.15) is 0 Å². The highest BCUT2D eigenvalue weighted by Gasteiger charge is 2.19. The largest absolute Gasteiger partial charge is 0.449 e.